The molecule has 1 fully saturated rings. The minimum Gasteiger partial charge on any atom is -0.380 e. The third-order valence-electron chi connectivity index (χ3n) is 4.16. The molecular formula is C16H21F2NO2. The summed E-state index contributed by atoms with van der Waals surface area (Å²) in [5.74, 6) is -1.66. The van der Waals surface area contributed by atoms with Gasteiger partial charge in [-0.05, 0) is 38.3 Å². The maximum atomic E-state index is 13.9. The summed E-state index contributed by atoms with van der Waals surface area (Å²) in [4.78, 5) is 12.0. The molecule has 0 aliphatic heterocycles. The maximum absolute atomic E-state index is 13.9. The van der Waals surface area contributed by atoms with E-state index >= 15 is 0 Å². The number of benzene rings is 1. The summed E-state index contributed by atoms with van der Waals surface area (Å²) in [5.41, 5.74) is -2.08. The number of rotatable bonds is 6. The molecule has 0 aromatic heterocycles. The predicted octanol–water partition coefficient (Wildman–Crippen LogP) is 2.66. The van der Waals surface area contributed by atoms with Crippen LogP contribution in [0.2, 0.25) is 0 Å². The van der Waals surface area contributed by atoms with Crippen molar-refractivity contribution in [2.45, 2.75) is 50.5 Å². The van der Waals surface area contributed by atoms with Crippen LogP contribution in [0.1, 0.15) is 45.1 Å². The molecule has 1 amide bonds. The molecule has 0 heterocycles. The summed E-state index contributed by atoms with van der Waals surface area (Å²) >= 11 is 0. The molecule has 1 atom stereocenters. The number of carbonyl (C=O) groups excluding carboxylic acids is 1. The van der Waals surface area contributed by atoms with Crippen LogP contribution in [0.4, 0.5) is 8.78 Å². The number of hydrogen-bond acceptors (Lipinski definition) is 2. The fraction of sp³-hybridized carbons (Fsp3) is 0.562. The average molecular weight is 297 g/mol. The molecule has 5 heteroatoms. The number of aliphatic hydroxyl groups is 1. The summed E-state index contributed by atoms with van der Waals surface area (Å²) in [5, 5.41) is 12.7. The lowest BCUT2D eigenvalue weighted by Crippen LogP contribution is -2.46. The van der Waals surface area contributed by atoms with E-state index in [1.165, 1.54) is 25.1 Å². The normalized spacial score (nSPS) is 18.9. The standard InChI is InChI=1S/C16H21F2NO2/c1-3-7-15(2,21)14(20)19-10-16(8-9-16)13-11(17)5-4-6-12(13)18/h4-6,21H,3,7-10H2,1-2H3,(H,19,20). The van der Waals surface area contributed by atoms with E-state index in [0.717, 1.165) is 0 Å². The molecule has 1 aliphatic rings. The first-order valence-corrected chi connectivity index (χ1v) is 7.27. The highest BCUT2D eigenvalue weighted by Gasteiger charge is 2.48. The van der Waals surface area contributed by atoms with Gasteiger partial charge in [0.05, 0.1) is 0 Å². The van der Waals surface area contributed by atoms with Gasteiger partial charge in [-0.15, -0.1) is 0 Å². The van der Waals surface area contributed by atoms with E-state index in [9.17, 15) is 18.7 Å². The molecule has 0 radical (unpaired) electrons. The van der Waals surface area contributed by atoms with Gasteiger partial charge in [0, 0.05) is 17.5 Å². The zero-order chi connectivity index (χ0) is 15.7. The second-order valence-electron chi connectivity index (χ2n) is 6.08. The zero-order valence-electron chi connectivity index (χ0n) is 12.4. The van der Waals surface area contributed by atoms with Gasteiger partial charge in [0.15, 0.2) is 0 Å². The third kappa shape index (κ3) is 3.23. The predicted molar refractivity (Wildman–Crippen MR) is 75.8 cm³/mol. The van der Waals surface area contributed by atoms with E-state index in [1.54, 1.807) is 0 Å². The van der Waals surface area contributed by atoms with Crippen molar-refractivity contribution in [1.82, 2.24) is 5.32 Å². The molecule has 1 unspecified atom stereocenters. The average Bonchev–Trinajstić information content (AvgIpc) is 3.16. The highest BCUT2D eigenvalue weighted by atomic mass is 19.1. The quantitative estimate of drug-likeness (QED) is 0.848. The number of hydrogen-bond donors (Lipinski definition) is 2. The van der Waals surface area contributed by atoms with Crippen LogP contribution in [-0.4, -0.2) is 23.2 Å². The summed E-state index contributed by atoms with van der Waals surface area (Å²) in [6.45, 7) is 3.47. The van der Waals surface area contributed by atoms with Crippen molar-refractivity contribution in [3.05, 3.63) is 35.4 Å². The van der Waals surface area contributed by atoms with Crippen molar-refractivity contribution in [2.75, 3.05) is 6.54 Å². The van der Waals surface area contributed by atoms with E-state index in [-0.39, 0.29) is 12.1 Å². The number of nitrogens with one attached hydrogen (secondary N) is 1. The smallest absolute Gasteiger partial charge is 0.251 e. The van der Waals surface area contributed by atoms with Crippen LogP contribution in [0, 0.1) is 11.6 Å². The van der Waals surface area contributed by atoms with Crippen LogP contribution in [0.15, 0.2) is 18.2 Å². The van der Waals surface area contributed by atoms with Crippen molar-refractivity contribution < 1.29 is 18.7 Å². The van der Waals surface area contributed by atoms with Gasteiger partial charge in [0.25, 0.3) is 5.91 Å². The van der Waals surface area contributed by atoms with E-state index < -0.39 is 28.6 Å². The fourth-order valence-electron chi connectivity index (χ4n) is 2.71. The molecule has 2 rings (SSSR count). The molecule has 0 spiro atoms. The van der Waals surface area contributed by atoms with Gasteiger partial charge in [-0.1, -0.05) is 19.4 Å². The number of amides is 1. The first kappa shape index (κ1) is 15.9. The molecule has 3 nitrogen and oxygen atoms in total. The van der Waals surface area contributed by atoms with Crippen LogP contribution in [0.3, 0.4) is 0 Å². The summed E-state index contributed by atoms with van der Waals surface area (Å²) in [6, 6.07) is 3.79. The second kappa shape index (κ2) is 5.72. The summed E-state index contributed by atoms with van der Waals surface area (Å²) in [7, 11) is 0. The first-order chi connectivity index (χ1) is 9.82. The largest absolute Gasteiger partial charge is 0.380 e. The molecule has 1 aromatic rings. The van der Waals surface area contributed by atoms with Crippen LogP contribution in [-0.2, 0) is 10.2 Å². The van der Waals surface area contributed by atoms with Crippen molar-refractivity contribution in [2.24, 2.45) is 0 Å². The molecule has 0 saturated heterocycles. The Labute approximate surface area is 123 Å². The highest BCUT2D eigenvalue weighted by Crippen LogP contribution is 2.49. The number of halogens is 2. The van der Waals surface area contributed by atoms with Gasteiger partial charge in [-0.25, -0.2) is 8.78 Å². The summed E-state index contributed by atoms with van der Waals surface area (Å²) in [6.07, 6.45) is 2.27. The van der Waals surface area contributed by atoms with Crippen LogP contribution in [0.5, 0.6) is 0 Å². The van der Waals surface area contributed by atoms with Gasteiger partial charge in [0.1, 0.15) is 17.2 Å². The molecule has 21 heavy (non-hydrogen) atoms. The first-order valence-electron chi connectivity index (χ1n) is 7.27. The molecule has 116 valence electrons. The Balaban J connectivity index is 2.08. The van der Waals surface area contributed by atoms with Crippen molar-refractivity contribution >= 4 is 5.91 Å². The van der Waals surface area contributed by atoms with Crippen molar-refractivity contribution in [1.29, 1.82) is 0 Å². The minimum atomic E-state index is -1.45. The maximum Gasteiger partial charge on any atom is 0.251 e. The molecule has 1 aromatic carbocycles. The Morgan fingerprint density at radius 2 is 1.95 bits per heavy atom. The van der Waals surface area contributed by atoms with Crippen LogP contribution in [0.25, 0.3) is 0 Å². The molecule has 2 N–H and O–H groups in total. The summed E-state index contributed by atoms with van der Waals surface area (Å²) < 4.78 is 27.7. The van der Waals surface area contributed by atoms with E-state index in [0.29, 0.717) is 25.7 Å². The van der Waals surface area contributed by atoms with Crippen molar-refractivity contribution in [3.63, 3.8) is 0 Å². The molecular weight excluding hydrogens is 276 g/mol. The van der Waals surface area contributed by atoms with E-state index in [4.69, 9.17) is 0 Å². The molecule has 0 bridgehead atoms. The second-order valence-corrected chi connectivity index (χ2v) is 6.08. The monoisotopic (exact) mass is 297 g/mol. The lowest BCUT2D eigenvalue weighted by molar-refractivity contribution is -0.138. The van der Waals surface area contributed by atoms with Gasteiger partial charge in [-0.3, -0.25) is 4.79 Å². The molecule has 1 aliphatic carbocycles. The van der Waals surface area contributed by atoms with Gasteiger partial charge in [-0.2, -0.15) is 0 Å². The third-order valence-corrected chi connectivity index (χ3v) is 4.16. The molecule has 1 saturated carbocycles. The zero-order valence-corrected chi connectivity index (χ0v) is 12.4. The van der Waals surface area contributed by atoms with E-state index in [2.05, 4.69) is 5.32 Å². The lowest BCUT2D eigenvalue weighted by atomic mass is 9.93. The fourth-order valence-corrected chi connectivity index (χ4v) is 2.71. The Morgan fingerprint density at radius 1 is 1.38 bits per heavy atom. The van der Waals surface area contributed by atoms with Gasteiger partial charge in [0.2, 0.25) is 0 Å². The SMILES string of the molecule is CCCC(C)(O)C(=O)NCC1(c2c(F)cccc2F)CC1. The van der Waals surface area contributed by atoms with Crippen LogP contribution >= 0.6 is 0 Å². The Kier molecular flexibility index (Phi) is 4.33. The van der Waals surface area contributed by atoms with Gasteiger partial charge < -0.3 is 10.4 Å². The minimum absolute atomic E-state index is 0.0421. The Morgan fingerprint density at radius 3 is 2.43 bits per heavy atom. The van der Waals surface area contributed by atoms with Crippen molar-refractivity contribution in [3.8, 4) is 0 Å². The highest BCUT2D eigenvalue weighted by molar-refractivity contribution is 5.84. The van der Waals surface area contributed by atoms with E-state index in [1.807, 2.05) is 6.92 Å². The Hall–Kier alpha value is -1.49. The topological polar surface area (TPSA) is 49.3 Å². The van der Waals surface area contributed by atoms with Gasteiger partial charge >= 0.3 is 0 Å². The lowest BCUT2D eigenvalue weighted by Gasteiger charge is -2.24. The number of carbonyl (C=O) groups is 1. The Bertz CT molecular complexity index is 519. The van der Waals surface area contributed by atoms with Crippen LogP contribution < -0.4 is 5.32 Å².